The minimum absolute atomic E-state index is 0.000430. The molecule has 2 aromatic carbocycles. The van der Waals surface area contributed by atoms with Gasteiger partial charge >= 0.3 is 6.61 Å². The fourth-order valence-electron chi connectivity index (χ4n) is 3.71. The lowest BCUT2D eigenvalue weighted by molar-refractivity contribution is -0.0515. The van der Waals surface area contributed by atoms with E-state index in [2.05, 4.69) is 15.0 Å². The second-order valence-corrected chi connectivity index (χ2v) is 6.96. The third kappa shape index (κ3) is 5.18. The van der Waals surface area contributed by atoms with Crippen molar-refractivity contribution in [3.63, 3.8) is 0 Å². The zero-order chi connectivity index (χ0) is 21.5. The van der Waals surface area contributed by atoms with Crippen LogP contribution in [0.25, 0.3) is 0 Å². The Bertz CT molecular complexity index is 857. The number of carbonyl (C=O) groups excluding carboxylic acids is 1. The normalized spacial score (nSPS) is 15.1. The van der Waals surface area contributed by atoms with Crippen LogP contribution < -0.4 is 19.5 Å². The SMILES string of the molecule is COc1cccc(C(CNC(=O)c2cccc(OC)c2OC(F)F)N2CCCC2)c1. The smallest absolute Gasteiger partial charge is 0.387 e. The van der Waals surface area contributed by atoms with Crippen molar-refractivity contribution in [1.29, 1.82) is 0 Å². The van der Waals surface area contributed by atoms with Crippen LogP contribution in [0.3, 0.4) is 0 Å². The van der Waals surface area contributed by atoms with Crippen LogP contribution >= 0.6 is 0 Å². The van der Waals surface area contributed by atoms with E-state index in [0.29, 0.717) is 6.54 Å². The van der Waals surface area contributed by atoms with Gasteiger partial charge in [-0.1, -0.05) is 18.2 Å². The molecule has 1 amide bonds. The number of alkyl halides is 2. The molecule has 2 aromatic rings. The quantitative estimate of drug-likeness (QED) is 0.667. The zero-order valence-electron chi connectivity index (χ0n) is 17.1. The predicted octanol–water partition coefficient (Wildman–Crippen LogP) is 3.87. The van der Waals surface area contributed by atoms with Gasteiger partial charge in [-0.05, 0) is 55.8 Å². The summed E-state index contributed by atoms with van der Waals surface area (Å²) in [4.78, 5) is 15.2. The van der Waals surface area contributed by atoms with Gasteiger partial charge in [-0.2, -0.15) is 8.78 Å². The number of hydrogen-bond donors (Lipinski definition) is 1. The molecule has 30 heavy (non-hydrogen) atoms. The standard InChI is InChI=1S/C22H26F2N2O4/c1-28-16-8-5-7-15(13-16)18(26-11-3-4-12-26)14-25-21(27)17-9-6-10-19(29-2)20(17)30-22(23)24/h5-10,13,18,22H,3-4,11-12,14H2,1-2H3,(H,25,27). The van der Waals surface area contributed by atoms with E-state index in [-0.39, 0.29) is 23.1 Å². The van der Waals surface area contributed by atoms with Gasteiger partial charge in [0.15, 0.2) is 11.5 Å². The molecule has 1 N–H and O–H groups in total. The maximum absolute atomic E-state index is 12.9. The van der Waals surface area contributed by atoms with E-state index >= 15 is 0 Å². The summed E-state index contributed by atoms with van der Waals surface area (Å²) >= 11 is 0. The lowest BCUT2D eigenvalue weighted by Gasteiger charge is -2.28. The van der Waals surface area contributed by atoms with Gasteiger partial charge in [-0.25, -0.2) is 0 Å². The molecule has 1 heterocycles. The number of hydrogen-bond acceptors (Lipinski definition) is 5. The third-order valence-corrected chi connectivity index (χ3v) is 5.17. The number of benzene rings is 2. The Morgan fingerprint density at radius 3 is 2.50 bits per heavy atom. The van der Waals surface area contributed by atoms with Crippen LogP contribution in [-0.4, -0.2) is 51.3 Å². The first-order chi connectivity index (χ1) is 14.5. The first-order valence-electron chi connectivity index (χ1n) is 9.81. The molecule has 1 saturated heterocycles. The van der Waals surface area contributed by atoms with Crippen LogP contribution in [-0.2, 0) is 0 Å². The predicted molar refractivity (Wildman–Crippen MR) is 109 cm³/mol. The van der Waals surface area contributed by atoms with E-state index in [4.69, 9.17) is 9.47 Å². The Morgan fingerprint density at radius 1 is 1.10 bits per heavy atom. The molecule has 1 aliphatic rings. The minimum atomic E-state index is -3.07. The van der Waals surface area contributed by atoms with Crippen molar-refractivity contribution < 1.29 is 27.8 Å². The van der Waals surface area contributed by atoms with Gasteiger partial charge in [0.1, 0.15) is 5.75 Å². The summed E-state index contributed by atoms with van der Waals surface area (Å²) < 4.78 is 40.7. The molecular weight excluding hydrogens is 394 g/mol. The van der Waals surface area contributed by atoms with Crippen LogP contribution in [0.1, 0.15) is 34.8 Å². The molecule has 6 nitrogen and oxygen atoms in total. The lowest BCUT2D eigenvalue weighted by atomic mass is 10.0. The number of nitrogens with zero attached hydrogens (tertiary/aromatic N) is 1. The molecule has 8 heteroatoms. The maximum Gasteiger partial charge on any atom is 0.387 e. The van der Waals surface area contributed by atoms with E-state index in [1.165, 1.54) is 19.2 Å². The third-order valence-electron chi connectivity index (χ3n) is 5.17. The number of likely N-dealkylation sites (tertiary alicyclic amines) is 1. The number of ether oxygens (including phenoxy) is 3. The molecule has 1 atom stereocenters. The summed E-state index contributed by atoms with van der Waals surface area (Å²) in [6, 6.07) is 12.1. The number of halogens is 2. The minimum Gasteiger partial charge on any atom is -0.497 e. The molecule has 1 fully saturated rings. The Kier molecular flexibility index (Phi) is 7.46. The Labute approximate surface area is 174 Å². The highest BCUT2D eigenvalue weighted by atomic mass is 19.3. The van der Waals surface area contributed by atoms with Crippen LogP contribution in [0.15, 0.2) is 42.5 Å². The Hall–Kier alpha value is -2.87. The Morgan fingerprint density at radius 2 is 1.83 bits per heavy atom. The molecule has 3 rings (SSSR count). The molecule has 0 bridgehead atoms. The summed E-state index contributed by atoms with van der Waals surface area (Å²) in [5, 5.41) is 2.87. The van der Waals surface area contributed by atoms with E-state index in [1.54, 1.807) is 13.2 Å². The average molecular weight is 420 g/mol. The second-order valence-electron chi connectivity index (χ2n) is 6.96. The van der Waals surface area contributed by atoms with E-state index in [1.807, 2.05) is 24.3 Å². The van der Waals surface area contributed by atoms with Gasteiger partial charge in [-0.15, -0.1) is 0 Å². The lowest BCUT2D eigenvalue weighted by Crippen LogP contribution is -2.37. The number of methoxy groups -OCH3 is 2. The first kappa shape index (κ1) is 21.8. The topological polar surface area (TPSA) is 60.0 Å². The van der Waals surface area contributed by atoms with Gasteiger partial charge in [0.25, 0.3) is 5.91 Å². The fraction of sp³-hybridized carbons (Fsp3) is 0.409. The Balaban J connectivity index is 1.81. The first-order valence-corrected chi connectivity index (χ1v) is 9.81. The highest BCUT2D eigenvalue weighted by Gasteiger charge is 2.26. The number of rotatable bonds is 9. The second kappa shape index (κ2) is 10.2. The molecule has 0 radical (unpaired) electrons. The van der Waals surface area contributed by atoms with Crippen LogP contribution in [0.4, 0.5) is 8.78 Å². The number of nitrogens with one attached hydrogen (secondary N) is 1. The average Bonchev–Trinajstić information content (AvgIpc) is 3.28. The molecule has 0 aromatic heterocycles. The van der Waals surface area contributed by atoms with Crippen LogP contribution in [0, 0.1) is 0 Å². The number of amides is 1. The van der Waals surface area contributed by atoms with Crippen molar-refractivity contribution in [2.45, 2.75) is 25.5 Å². The number of carbonyl (C=O) groups is 1. The molecular formula is C22H26F2N2O4. The van der Waals surface area contributed by atoms with Crippen molar-refractivity contribution in [1.82, 2.24) is 10.2 Å². The maximum atomic E-state index is 12.9. The summed E-state index contributed by atoms with van der Waals surface area (Å²) in [6.45, 7) is -0.896. The van der Waals surface area contributed by atoms with Crippen LogP contribution in [0.5, 0.6) is 17.2 Å². The largest absolute Gasteiger partial charge is 0.497 e. The van der Waals surface area contributed by atoms with Crippen molar-refractivity contribution in [2.75, 3.05) is 33.9 Å². The van der Waals surface area contributed by atoms with Crippen molar-refractivity contribution >= 4 is 5.91 Å². The van der Waals surface area contributed by atoms with E-state index < -0.39 is 12.5 Å². The van der Waals surface area contributed by atoms with Gasteiger partial charge in [0.05, 0.1) is 25.8 Å². The van der Waals surface area contributed by atoms with Gasteiger partial charge in [0.2, 0.25) is 0 Å². The van der Waals surface area contributed by atoms with Gasteiger partial charge in [-0.3, -0.25) is 9.69 Å². The monoisotopic (exact) mass is 420 g/mol. The van der Waals surface area contributed by atoms with Crippen molar-refractivity contribution in [3.8, 4) is 17.2 Å². The van der Waals surface area contributed by atoms with Crippen molar-refractivity contribution in [3.05, 3.63) is 53.6 Å². The summed E-state index contributed by atoms with van der Waals surface area (Å²) in [6.07, 6.45) is 2.19. The molecule has 0 spiro atoms. The molecule has 162 valence electrons. The fourth-order valence-corrected chi connectivity index (χ4v) is 3.71. The van der Waals surface area contributed by atoms with Crippen LogP contribution in [0.2, 0.25) is 0 Å². The van der Waals surface area contributed by atoms with E-state index in [0.717, 1.165) is 37.2 Å². The van der Waals surface area contributed by atoms with Gasteiger partial charge in [0, 0.05) is 6.54 Å². The highest BCUT2D eigenvalue weighted by Crippen LogP contribution is 2.33. The van der Waals surface area contributed by atoms with Crippen molar-refractivity contribution in [2.24, 2.45) is 0 Å². The summed E-state index contributed by atoms with van der Waals surface area (Å²) in [5.41, 5.74) is 1.02. The molecule has 1 unspecified atom stereocenters. The zero-order valence-corrected chi connectivity index (χ0v) is 17.1. The molecule has 0 aliphatic carbocycles. The molecule has 1 aliphatic heterocycles. The molecule has 0 saturated carbocycles. The summed E-state index contributed by atoms with van der Waals surface area (Å²) in [5.74, 6) is 0.0403. The van der Waals surface area contributed by atoms with Gasteiger partial charge < -0.3 is 19.5 Å². The number of para-hydroxylation sites is 1. The highest BCUT2D eigenvalue weighted by molar-refractivity contribution is 5.97. The van der Waals surface area contributed by atoms with E-state index in [9.17, 15) is 13.6 Å². The summed E-state index contributed by atoms with van der Waals surface area (Å²) in [7, 11) is 2.95.